The minimum atomic E-state index is -4.04. The summed E-state index contributed by atoms with van der Waals surface area (Å²) in [6.45, 7) is 4.93. The van der Waals surface area contributed by atoms with Gasteiger partial charge in [-0.25, -0.2) is 8.42 Å². The first kappa shape index (κ1) is 24.4. The molecule has 1 N–H and O–H groups in total. The van der Waals surface area contributed by atoms with Gasteiger partial charge < -0.3 is 14.7 Å². The van der Waals surface area contributed by atoms with E-state index in [-0.39, 0.29) is 29.8 Å². The van der Waals surface area contributed by atoms with Crippen LogP contribution in [0.15, 0.2) is 47.4 Å². The van der Waals surface area contributed by atoms with E-state index < -0.39 is 34.7 Å². The van der Waals surface area contributed by atoms with E-state index in [9.17, 15) is 23.1 Å². The van der Waals surface area contributed by atoms with Gasteiger partial charge in [0, 0.05) is 24.7 Å². The molecule has 3 atom stereocenters. The highest BCUT2D eigenvalue weighted by Gasteiger charge is 2.44. The normalized spacial score (nSPS) is 22.9. The molecule has 0 radical (unpaired) electrons. The molecule has 2 aromatic rings. The van der Waals surface area contributed by atoms with Gasteiger partial charge in [0.1, 0.15) is 6.04 Å². The van der Waals surface area contributed by atoms with Crippen molar-refractivity contribution in [2.24, 2.45) is 0 Å². The van der Waals surface area contributed by atoms with Crippen molar-refractivity contribution < 1.29 is 27.9 Å². The van der Waals surface area contributed by atoms with Crippen molar-refractivity contribution in [1.82, 2.24) is 4.31 Å². The standard InChI is InChI=1S/C25H30N2O6S/c1-16-8-11-21(12-17(16)2)34(31,32)26-14-20(28)13-23(26)25(30)33-15-24(29)27-18(3)9-10-19-6-4-5-7-22(19)27/h4-8,11-12,18,20,23,28H,9-10,13-15H2,1-3H3/t18-,20+,23+/m1/s1. The Hall–Kier alpha value is -2.75. The lowest BCUT2D eigenvalue weighted by molar-refractivity contribution is -0.151. The fourth-order valence-corrected chi connectivity index (χ4v) is 6.35. The molecule has 182 valence electrons. The van der Waals surface area contributed by atoms with Crippen LogP contribution in [0.25, 0.3) is 0 Å². The van der Waals surface area contributed by atoms with Gasteiger partial charge in [-0.2, -0.15) is 4.31 Å². The number of hydrogen-bond acceptors (Lipinski definition) is 6. The minimum absolute atomic E-state index is 0.0453. The maximum atomic E-state index is 13.3. The molecule has 4 rings (SSSR count). The summed E-state index contributed by atoms with van der Waals surface area (Å²) in [5, 5.41) is 10.2. The second kappa shape index (κ2) is 9.48. The van der Waals surface area contributed by atoms with Crippen LogP contribution < -0.4 is 4.90 Å². The molecule has 2 aromatic carbocycles. The Morgan fingerprint density at radius 3 is 2.59 bits per heavy atom. The van der Waals surface area contributed by atoms with Crippen LogP contribution in [0.2, 0.25) is 0 Å². The monoisotopic (exact) mass is 486 g/mol. The van der Waals surface area contributed by atoms with E-state index in [2.05, 4.69) is 0 Å². The molecule has 9 heteroatoms. The number of fused-ring (bicyclic) bond motifs is 1. The Bertz CT molecular complexity index is 1210. The lowest BCUT2D eigenvalue weighted by atomic mass is 9.96. The summed E-state index contributed by atoms with van der Waals surface area (Å²) >= 11 is 0. The third-order valence-corrected chi connectivity index (χ3v) is 8.59. The van der Waals surface area contributed by atoms with E-state index in [1.54, 1.807) is 17.0 Å². The molecule has 2 aliphatic heterocycles. The van der Waals surface area contributed by atoms with Crippen molar-refractivity contribution in [2.45, 2.75) is 63.1 Å². The van der Waals surface area contributed by atoms with Gasteiger partial charge in [0.15, 0.2) is 6.61 Å². The Morgan fingerprint density at radius 1 is 1.12 bits per heavy atom. The van der Waals surface area contributed by atoms with E-state index >= 15 is 0 Å². The summed E-state index contributed by atoms with van der Waals surface area (Å²) in [5.41, 5.74) is 3.62. The highest BCUT2D eigenvalue weighted by molar-refractivity contribution is 7.89. The lowest BCUT2D eigenvalue weighted by Gasteiger charge is -2.35. The third kappa shape index (κ3) is 4.60. The summed E-state index contributed by atoms with van der Waals surface area (Å²) in [6, 6.07) is 11.1. The maximum Gasteiger partial charge on any atom is 0.325 e. The number of sulfonamides is 1. The van der Waals surface area contributed by atoms with Gasteiger partial charge in [0.05, 0.1) is 11.0 Å². The van der Waals surface area contributed by atoms with Crippen LogP contribution in [0.4, 0.5) is 5.69 Å². The van der Waals surface area contributed by atoms with E-state index in [1.807, 2.05) is 45.0 Å². The zero-order valence-electron chi connectivity index (χ0n) is 19.6. The van der Waals surface area contributed by atoms with Gasteiger partial charge >= 0.3 is 5.97 Å². The fraction of sp³-hybridized carbons (Fsp3) is 0.440. The highest BCUT2D eigenvalue weighted by Crippen LogP contribution is 2.31. The Kier molecular flexibility index (Phi) is 6.80. The number of esters is 1. The largest absolute Gasteiger partial charge is 0.454 e. The van der Waals surface area contributed by atoms with Gasteiger partial charge in [0.25, 0.3) is 5.91 Å². The number of anilines is 1. The van der Waals surface area contributed by atoms with E-state index in [1.165, 1.54) is 6.07 Å². The van der Waals surface area contributed by atoms with Crippen LogP contribution in [0.1, 0.15) is 36.5 Å². The molecule has 1 fully saturated rings. The van der Waals surface area contributed by atoms with Crippen molar-refractivity contribution >= 4 is 27.6 Å². The Labute approximate surface area is 200 Å². The second-order valence-corrected chi connectivity index (χ2v) is 11.0. The summed E-state index contributed by atoms with van der Waals surface area (Å²) in [6.07, 6.45) is 0.586. The smallest absolute Gasteiger partial charge is 0.325 e. The van der Waals surface area contributed by atoms with E-state index in [0.29, 0.717) is 0 Å². The molecule has 2 heterocycles. The fourth-order valence-electron chi connectivity index (χ4n) is 4.64. The number of aliphatic hydroxyl groups is 1. The molecule has 8 nitrogen and oxygen atoms in total. The zero-order chi connectivity index (χ0) is 24.6. The van der Waals surface area contributed by atoms with E-state index in [0.717, 1.165) is 39.5 Å². The molecule has 0 bridgehead atoms. The number of ether oxygens (including phenoxy) is 1. The number of amides is 1. The number of carbonyl (C=O) groups is 2. The predicted octanol–water partition coefficient (Wildman–Crippen LogP) is 2.34. The summed E-state index contributed by atoms with van der Waals surface area (Å²) < 4.78 is 32.8. The van der Waals surface area contributed by atoms with E-state index in [4.69, 9.17) is 4.74 Å². The van der Waals surface area contributed by atoms with Gasteiger partial charge in [-0.05, 0) is 68.5 Å². The molecule has 0 saturated carbocycles. The first-order valence-corrected chi connectivity index (χ1v) is 12.9. The molecule has 0 aliphatic carbocycles. The number of aliphatic hydroxyl groups excluding tert-OH is 1. The molecule has 0 spiro atoms. The molecular weight excluding hydrogens is 456 g/mol. The number of hydrogen-bond donors (Lipinski definition) is 1. The third-order valence-electron chi connectivity index (χ3n) is 6.72. The average molecular weight is 487 g/mol. The summed E-state index contributed by atoms with van der Waals surface area (Å²) in [7, 11) is -4.04. The quantitative estimate of drug-likeness (QED) is 0.651. The molecule has 1 amide bonds. The zero-order valence-corrected chi connectivity index (χ0v) is 20.4. The number of benzene rings is 2. The van der Waals surface area contributed by atoms with Crippen LogP contribution >= 0.6 is 0 Å². The van der Waals surface area contributed by atoms with Crippen molar-refractivity contribution in [1.29, 1.82) is 0 Å². The van der Waals surface area contributed by atoms with Crippen LogP contribution in [0, 0.1) is 13.8 Å². The number of rotatable bonds is 5. The maximum absolute atomic E-state index is 13.3. The minimum Gasteiger partial charge on any atom is -0.454 e. The average Bonchev–Trinajstić information content (AvgIpc) is 3.21. The number of para-hydroxylation sites is 1. The predicted molar refractivity (Wildman–Crippen MR) is 127 cm³/mol. The van der Waals surface area contributed by atoms with Gasteiger partial charge in [-0.3, -0.25) is 9.59 Å². The van der Waals surface area contributed by atoms with Crippen LogP contribution in [-0.4, -0.2) is 61.0 Å². The number of β-amino-alcohol motifs (C(OH)–C–C–N with tert-alkyl or cyclic N) is 1. The number of aryl methyl sites for hydroxylation is 3. The summed E-state index contributed by atoms with van der Waals surface area (Å²) in [5.74, 6) is -1.20. The molecule has 1 saturated heterocycles. The van der Waals surface area contributed by atoms with Gasteiger partial charge in [-0.15, -0.1) is 0 Å². The van der Waals surface area contributed by atoms with Crippen LogP contribution in [0.3, 0.4) is 0 Å². The molecule has 2 aliphatic rings. The van der Waals surface area contributed by atoms with Crippen LogP contribution in [-0.2, 0) is 30.8 Å². The second-order valence-electron chi connectivity index (χ2n) is 9.11. The van der Waals surface area contributed by atoms with Crippen molar-refractivity contribution in [2.75, 3.05) is 18.1 Å². The first-order valence-electron chi connectivity index (χ1n) is 11.4. The molecule has 0 aromatic heterocycles. The Morgan fingerprint density at radius 2 is 1.85 bits per heavy atom. The SMILES string of the molecule is Cc1ccc(S(=O)(=O)N2C[C@@H](O)C[C@H]2C(=O)OCC(=O)N2c3ccccc3CC[C@H]2C)cc1C. The molecular formula is C25H30N2O6S. The highest BCUT2D eigenvalue weighted by atomic mass is 32.2. The first-order chi connectivity index (χ1) is 16.1. The molecule has 34 heavy (non-hydrogen) atoms. The van der Waals surface area contributed by atoms with Gasteiger partial charge in [-0.1, -0.05) is 24.3 Å². The topological polar surface area (TPSA) is 104 Å². The number of nitrogens with zero attached hydrogens (tertiary/aromatic N) is 2. The molecule has 0 unspecified atom stereocenters. The van der Waals surface area contributed by atoms with Gasteiger partial charge in [0.2, 0.25) is 10.0 Å². The van der Waals surface area contributed by atoms with Crippen molar-refractivity contribution in [3.05, 3.63) is 59.2 Å². The lowest BCUT2D eigenvalue weighted by Crippen LogP contribution is -2.46. The van der Waals surface area contributed by atoms with Crippen LogP contribution in [0.5, 0.6) is 0 Å². The number of carbonyl (C=O) groups excluding carboxylic acids is 2. The van der Waals surface area contributed by atoms with Crippen molar-refractivity contribution in [3.8, 4) is 0 Å². The van der Waals surface area contributed by atoms with Crippen molar-refractivity contribution in [3.63, 3.8) is 0 Å². The summed E-state index contributed by atoms with van der Waals surface area (Å²) in [4.78, 5) is 27.6. The Balaban J connectivity index is 1.49.